The number of benzene rings is 1. The van der Waals surface area contributed by atoms with E-state index in [0.717, 1.165) is 0 Å². The molecule has 0 saturated carbocycles. The Morgan fingerprint density at radius 2 is 1.89 bits per heavy atom. The van der Waals surface area contributed by atoms with Crippen LogP contribution in [0.1, 0.15) is 10.4 Å². The van der Waals surface area contributed by atoms with Crippen molar-refractivity contribution in [2.45, 2.75) is 0 Å². The maximum Gasteiger partial charge on any atom is 0.258 e. The molecular formula is C12H14BrFN2O2. The molecule has 0 aliphatic carbocycles. The molecule has 6 heteroatoms. The molecule has 0 unspecified atom stereocenters. The summed E-state index contributed by atoms with van der Waals surface area (Å²) in [6.45, 7) is -0.0907. The van der Waals surface area contributed by atoms with Crippen LogP contribution in [0.15, 0.2) is 22.7 Å². The fourth-order valence-electron chi connectivity index (χ4n) is 1.31. The number of carbonyl (C=O) groups excluding carboxylic acids is 2. The molecule has 18 heavy (non-hydrogen) atoms. The molecule has 0 radical (unpaired) electrons. The van der Waals surface area contributed by atoms with Crippen LogP contribution in [0.5, 0.6) is 0 Å². The Morgan fingerprint density at radius 1 is 1.28 bits per heavy atom. The van der Waals surface area contributed by atoms with E-state index in [9.17, 15) is 14.0 Å². The van der Waals surface area contributed by atoms with Crippen molar-refractivity contribution in [2.24, 2.45) is 0 Å². The smallest absolute Gasteiger partial charge is 0.258 e. The molecule has 0 saturated heterocycles. The molecule has 0 heterocycles. The molecule has 0 aliphatic rings. The normalized spacial score (nSPS) is 10.1. The van der Waals surface area contributed by atoms with Crippen molar-refractivity contribution in [2.75, 3.05) is 27.7 Å². The van der Waals surface area contributed by atoms with Gasteiger partial charge in [-0.15, -0.1) is 0 Å². The van der Waals surface area contributed by atoms with Crippen LogP contribution in [0.25, 0.3) is 0 Å². The molecule has 0 N–H and O–H groups in total. The Labute approximate surface area is 113 Å². The monoisotopic (exact) mass is 316 g/mol. The Kier molecular flexibility index (Phi) is 4.84. The molecule has 0 spiro atoms. The van der Waals surface area contributed by atoms with Crippen LogP contribution >= 0.6 is 15.9 Å². The number of carbonyl (C=O) groups is 2. The highest BCUT2D eigenvalue weighted by atomic mass is 79.9. The lowest BCUT2D eigenvalue weighted by Crippen LogP contribution is -2.38. The summed E-state index contributed by atoms with van der Waals surface area (Å²) >= 11 is 3.13. The van der Waals surface area contributed by atoms with Gasteiger partial charge in [-0.2, -0.15) is 0 Å². The topological polar surface area (TPSA) is 40.6 Å². The molecule has 1 aromatic carbocycles. The zero-order valence-corrected chi connectivity index (χ0v) is 12.0. The summed E-state index contributed by atoms with van der Waals surface area (Å²) in [5, 5.41) is 0. The zero-order chi connectivity index (χ0) is 13.9. The van der Waals surface area contributed by atoms with Crippen LogP contribution in [-0.4, -0.2) is 49.3 Å². The predicted molar refractivity (Wildman–Crippen MR) is 69.8 cm³/mol. The molecule has 0 atom stereocenters. The van der Waals surface area contributed by atoms with Gasteiger partial charge < -0.3 is 9.80 Å². The van der Waals surface area contributed by atoms with Gasteiger partial charge in [0.15, 0.2) is 0 Å². The minimum atomic E-state index is -0.612. The zero-order valence-electron chi connectivity index (χ0n) is 10.4. The van der Waals surface area contributed by atoms with E-state index >= 15 is 0 Å². The SMILES string of the molecule is CN(C)C(=O)CN(C)C(=O)c1c(F)cccc1Br. The highest BCUT2D eigenvalue weighted by Crippen LogP contribution is 2.20. The summed E-state index contributed by atoms with van der Waals surface area (Å²) in [5.74, 6) is -1.37. The molecular weight excluding hydrogens is 303 g/mol. The van der Waals surface area contributed by atoms with Crippen LogP contribution in [0, 0.1) is 5.82 Å². The number of nitrogens with zero attached hydrogens (tertiary/aromatic N) is 2. The minimum absolute atomic E-state index is 0.0634. The molecule has 1 rings (SSSR count). The number of amides is 2. The molecule has 2 amide bonds. The lowest BCUT2D eigenvalue weighted by Gasteiger charge is -2.20. The van der Waals surface area contributed by atoms with E-state index in [0.29, 0.717) is 4.47 Å². The Morgan fingerprint density at radius 3 is 2.39 bits per heavy atom. The van der Waals surface area contributed by atoms with Gasteiger partial charge in [-0.25, -0.2) is 4.39 Å². The highest BCUT2D eigenvalue weighted by molar-refractivity contribution is 9.10. The number of halogens is 2. The summed E-state index contributed by atoms with van der Waals surface area (Å²) < 4.78 is 14.0. The van der Waals surface area contributed by atoms with E-state index in [2.05, 4.69) is 15.9 Å². The Hall–Kier alpha value is -1.43. The second-order valence-electron chi connectivity index (χ2n) is 4.05. The molecule has 98 valence electrons. The van der Waals surface area contributed by atoms with Crippen LogP contribution < -0.4 is 0 Å². The van der Waals surface area contributed by atoms with Crippen molar-refractivity contribution in [1.29, 1.82) is 0 Å². The molecule has 0 aromatic heterocycles. The van der Waals surface area contributed by atoms with Crippen LogP contribution in [0.2, 0.25) is 0 Å². The standard InChI is InChI=1S/C12H14BrFN2O2/c1-15(2)10(17)7-16(3)12(18)11-8(13)5-4-6-9(11)14/h4-6H,7H2,1-3H3. The maximum atomic E-state index is 13.6. The van der Waals surface area contributed by atoms with Crippen LogP contribution in [0.4, 0.5) is 4.39 Å². The third-order valence-electron chi connectivity index (χ3n) is 2.39. The summed E-state index contributed by atoms with van der Waals surface area (Å²) in [6.07, 6.45) is 0. The van der Waals surface area contributed by atoms with Crippen LogP contribution in [0.3, 0.4) is 0 Å². The Bertz CT molecular complexity index is 457. The van der Waals surface area contributed by atoms with Crippen molar-refractivity contribution >= 4 is 27.7 Å². The van der Waals surface area contributed by atoms with Gasteiger partial charge in [0.2, 0.25) is 5.91 Å². The van der Waals surface area contributed by atoms with Crippen molar-refractivity contribution in [3.8, 4) is 0 Å². The van der Waals surface area contributed by atoms with E-state index < -0.39 is 11.7 Å². The number of hydrogen-bond acceptors (Lipinski definition) is 2. The van der Waals surface area contributed by atoms with E-state index in [1.807, 2.05) is 0 Å². The van der Waals surface area contributed by atoms with Gasteiger partial charge in [0.1, 0.15) is 5.82 Å². The van der Waals surface area contributed by atoms with E-state index in [1.54, 1.807) is 20.2 Å². The molecule has 0 bridgehead atoms. The molecule has 1 aromatic rings. The van der Waals surface area contributed by atoms with Gasteiger partial charge in [-0.3, -0.25) is 9.59 Å². The van der Waals surface area contributed by atoms with Crippen molar-refractivity contribution in [1.82, 2.24) is 9.80 Å². The van der Waals surface area contributed by atoms with Gasteiger partial charge in [0.25, 0.3) is 5.91 Å². The summed E-state index contributed by atoms with van der Waals surface area (Å²) in [7, 11) is 4.65. The summed E-state index contributed by atoms with van der Waals surface area (Å²) in [5.41, 5.74) is -0.0634. The third-order valence-corrected chi connectivity index (χ3v) is 3.06. The van der Waals surface area contributed by atoms with Crippen molar-refractivity contribution in [3.05, 3.63) is 34.1 Å². The average Bonchev–Trinajstić information content (AvgIpc) is 2.28. The van der Waals surface area contributed by atoms with Crippen molar-refractivity contribution < 1.29 is 14.0 Å². The van der Waals surface area contributed by atoms with E-state index in [1.165, 1.54) is 29.0 Å². The second kappa shape index (κ2) is 5.95. The third kappa shape index (κ3) is 3.29. The van der Waals surface area contributed by atoms with Gasteiger partial charge in [0.05, 0.1) is 12.1 Å². The molecule has 0 aliphatic heterocycles. The predicted octanol–water partition coefficient (Wildman–Crippen LogP) is 1.75. The average molecular weight is 317 g/mol. The second-order valence-corrected chi connectivity index (χ2v) is 4.90. The van der Waals surface area contributed by atoms with Gasteiger partial charge in [0, 0.05) is 25.6 Å². The van der Waals surface area contributed by atoms with Gasteiger partial charge in [-0.1, -0.05) is 6.07 Å². The number of hydrogen-bond donors (Lipinski definition) is 0. The number of likely N-dealkylation sites (N-methyl/N-ethyl adjacent to an activating group) is 2. The van der Waals surface area contributed by atoms with E-state index in [4.69, 9.17) is 0 Å². The van der Waals surface area contributed by atoms with Crippen LogP contribution in [-0.2, 0) is 4.79 Å². The number of rotatable bonds is 3. The fourth-order valence-corrected chi connectivity index (χ4v) is 1.82. The minimum Gasteiger partial charge on any atom is -0.347 e. The van der Waals surface area contributed by atoms with Gasteiger partial charge in [-0.05, 0) is 28.1 Å². The van der Waals surface area contributed by atoms with Crippen molar-refractivity contribution in [3.63, 3.8) is 0 Å². The highest BCUT2D eigenvalue weighted by Gasteiger charge is 2.21. The first-order valence-corrected chi connectivity index (χ1v) is 6.03. The first-order chi connectivity index (χ1) is 8.34. The van der Waals surface area contributed by atoms with Gasteiger partial charge >= 0.3 is 0 Å². The molecule has 4 nitrogen and oxygen atoms in total. The fraction of sp³-hybridized carbons (Fsp3) is 0.333. The first kappa shape index (κ1) is 14.6. The summed E-state index contributed by atoms with van der Waals surface area (Å²) in [6, 6.07) is 4.29. The first-order valence-electron chi connectivity index (χ1n) is 5.24. The Balaban J connectivity index is 2.91. The lowest BCUT2D eigenvalue weighted by atomic mass is 10.2. The molecule has 0 fully saturated rings. The largest absolute Gasteiger partial charge is 0.347 e. The quantitative estimate of drug-likeness (QED) is 0.852. The maximum absolute atomic E-state index is 13.6. The summed E-state index contributed by atoms with van der Waals surface area (Å²) in [4.78, 5) is 26.1. The lowest BCUT2D eigenvalue weighted by molar-refractivity contribution is -0.129. The van der Waals surface area contributed by atoms with E-state index in [-0.39, 0.29) is 18.0 Å².